The van der Waals surface area contributed by atoms with Gasteiger partial charge in [0, 0.05) is 13.1 Å². The molecule has 90 valence electrons. The van der Waals surface area contributed by atoms with Gasteiger partial charge in [0.05, 0.1) is 0 Å². The maximum absolute atomic E-state index is 11.8. The Bertz CT molecular complexity index is 309. The lowest BCUT2D eigenvalue weighted by molar-refractivity contribution is 0.0269. The van der Waals surface area contributed by atoms with Crippen LogP contribution in [-0.2, 0) is 4.74 Å². The Kier molecular flexibility index (Phi) is 3.03. The van der Waals surface area contributed by atoms with E-state index in [1.165, 1.54) is 0 Å². The second kappa shape index (κ2) is 4.06. The van der Waals surface area contributed by atoms with Crippen LogP contribution in [0.15, 0.2) is 11.1 Å². The van der Waals surface area contributed by atoms with Crippen molar-refractivity contribution in [2.24, 2.45) is 17.8 Å². The van der Waals surface area contributed by atoms with Gasteiger partial charge in [-0.3, -0.25) is 0 Å². The third-order valence-corrected chi connectivity index (χ3v) is 3.51. The molecule has 3 atom stereocenters. The average Bonchev–Trinajstić information content (AvgIpc) is 2.60. The van der Waals surface area contributed by atoms with Crippen molar-refractivity contribution in [1.29, 1.82) is 0 Å². The zero-order chi connectivity index (χ0) is 11.9. The van der Waals surface area contributed by atoms with Crippen molar-refractivity contribution in [2.75, 3.05) is 13.1 Å². The van der Waals surface area contributed by atoms with Crippen molar-refractivity contribution in [3.05, 3.63) is 11.1 Å². The number of halogens is 1. The largest absolute Gasteiger partial charge is 0.444 e. The van der Waals surface area contributed by atoms with Crippen LogP contribution in [0.3, 0.4) is 0 Å². The van der Waals surface area contributed by atoms with Gasteiger partial charge in [0.1, 0.15) is 5.60 Å². The summed E-state index contributed by atoms with van der Waals surface area (Å²) in [5.41, 5.74) is -0.390. The van der Waals surface area contributed by atoms with E-state index in [4.69, 9.17) is 4.74 Å². The standard InChI is InChI=1S/C12H18BrNO2/c1-12(2,3)16-11(15)14-6-9-8(4-5-13)10(9)7-14/h4-5,8-10H,6-7H2,1-3H3/b5-4-/t8-,9-,10+. The van der Waals surface area contributed by atoms with Crippen LogP contribution in [0.5, 0.6) is 0 Å². The zero-order valence-corrected chi connectivity index (χ0v) is 11.5. The number of hydrogen-bond donors (Lipinski definition) is 0. The number of hydrogen-bond acceptors (Lipinski definition) is 2. The monoisotopic (exact) mass is 287 g/mol. The topological polar surface area (TPSA) is 29.5 Å². The van der Waals surface area contributed by atoms with Gasteiger partial charge in [0.25, 0.3) is 0 Å². The normalized spacial score (nSPS) is 33.0. The molecule has 0 aromatic rings. The van der Waals surface area contributed by atoms with Crippen LogP contribution in [0.4, 0.5) is 4.79 Å². The number of amides is 1. The maximum Gasteiger partial charge on any atom is 0.410 e. The van der Waals surface area contributed by atoms with Gasteiger partial charge in [-0.25, -0.2) is 4.79 Å². The number of carbonyl (C=O) groups is 1. The summed E-state index contributed by atoms with van der Waals surface area (Å²) in [6.07, 6.45) is 2.02. The van der Waals surface area contributed by atoms with Gasteiger partial charge in [-0.1, -0.05) is 22.0 Å². The minimum Gasteiger partial charge on any atom is -0.444 e. The summed E-state index contributed by atoms with van der Waals surface area (Å²) < 4.78 is 5.35. The molecule has 2 aliphatic rings. The fourth-order valence-electron chi connectivity index (χ4n) is 2.42. The predicted octanol–water partition coefficient (Wildman–Crippen LogP) is 3.01. The molecule has 1 aliphatic heterocycles. The maximum atomic E-state index is 11.8. The molecule has 1 aliphatic carbocycles. The molecule has 0 bridgehead atoms. The number of rotatable bonds is 1. The van der Waals surface area contributed by atoms with E-state index in [1.54, 1.807) is 0 Å². The van der Waals surface area contributed by atoms with Gasteiger partial charge >= 0.3 is 6.09 Å². The van der Waals surface area contributed by atoms with E-state index in [0.29, 0.717) is 17.8 Å². The summed E-state index contributed by atoms with van der Waals surface area (Å²) >= 11 is 3.30. The van der Waals surface area contributed by atoms with E-state index in [1.807, 2.05) is 30.7 Å². The van der Waals surface area contributed by atoms with E-state index in [0.717, 1.165) is 13.1 Å². The Hall–Kier alpha value is -0.510. The highest BCUT2D eigenvalue weighted by Gasteiger charge is 2.55. The van der Waals surface area contributed by atoms with Crippen LogP contribution in [0.2, 0.25) is 0 Å². The SMILES string of the molecule is CC(C)(C)OC(=O)N1C[C@@H]2[C@@H](/C=C\Br)[C@@H]2C1. The molecule has 1 heterocycles. The lowest BCUT2D eigenvalue weighted by atomic mass is 10.2. The number of nitrogens with zero attached hydrogens (tertiary/aromatic N) is 1. The van der Waals surface area contributed by atoms with Crippen molar-refractivity contribution >= 4 is 22.0 Å². The fourth-order valence-corrected chi connectivity index (χ4v) is 2.77. The molecule has 0 aromatic heterocycles. The third-order valence-electron chi connectivity index (χ3n) is 3.21. The van der Waals surface area contributed by atoms with Crippen LogP contribution < -0.4 is 0 Å². The highest BCUT2D eigenvalue weighted by molar-refractivity contribution is 9.11. The summed E-state index contributed by atoms with van der Waals surface area (Å²) in [5.74, 6) is 1.97. The number of piperidine rings is 1. The van der Waals surface area contributed by atoms with Gasteiger partial charge in [-0.05, 0) is 43.5 Å². The van der Waals surface area contributed by atoms with E-state index >= 15 is 0 Å². The van der Waals surface area contributed by atoms with Crippen molar-refractivity contribution < 1.29 is 9.53 Å². The Balaban J connectivity index is 1.82. The Labute approximate surface area is 105 Å². The third kappa shape index (κ3) is 2.42. The molecule has 4 heteroatoms. The van der Waals surface area contributed by atoms with Crippen LogP contribution in [0, 0.1) is 17.8 Å². The molecule has 0 radical (unpaired) electrons. The summed E-state index contributed by atoms with van der Waals surface area (Å²) in [7, 11) is 0. The minimum atomic E-state index is -0.390. The molecular weight excluding hydrogens is 270 g/mol. The first-order chi connectivity index (χ1) is 7.42. The van der Waals surface area contributed by atoms with E-state index in [-0.39, 0.29) is 11.7 Å². The summed E-state index contributed by atoms with van der Waals surface area (Å²) in [6, 6.07) is 0. The van der Waals surface area contributed by atoms with Crippen molar-refractivity contribution in [2.45, 2.75) is 26.4 Å². The number of ether oxygens (including phenoxy) is 1. The number of fused-ring (bicyclic) bond motifs is 1. The Morgan fingerprint density at radius 2 is 1.94 bits per heavy atom. The molecule has 0 N–H and O–H groups in total. The molecule has 2 rings (SSSR count). The lowest BCUT2D eigenvalue weighted by Crippen LogP contribution is -2.36. The van der Waals surface area contributed by atoms with Crippen LogP contribution in [0.1, 0.15) is 20.8 Å². The van der Waals surface area contributed by atoms with E-state index < -0.39 is 0 Å². The molecule has 1 amide bonds. The Morgan fingerprint density at radius 3 is 2.38 bits per heavy atom. The summed E-state index contributed by atoms with van der Waals surface area (Å²) in [6.45, 7) is 7.40. The minimum absolute atomic E-state index is 0.165. The molecule has 16 heavy (non-hydrogen) atoms. The smallest absolute Gasteiger partial charge is 0.410 e. The second-order valence-electron chi connectivity index (χ2n) is 5.61. The molecule has 0 aromatic carbocycles. The summed E-state index contributed by atoms with van der Waals surface area (Å²) in [5, 5.41) is 0. The molecule has 0 spiro atoms. The van der Waals surface area contributed by atoms with Crippen LogP contribution >= 0.6 is 15.9 Å². The van der Waals surface area contributed by atoms with Crippen molar-refractivity contribution in [3.63, 3.8) is 0 Å². The lowest BCUT2D eigenvalue weighted by Gasteiger charge is -2.25. The molecule has 3 nitrogen and oxygen atoms in total. The predicted molar refractivity (Wildman–Crippen MR) is 66.3 cm³/mol. The fraction of sp³-hybridized carbons (Fsp3) is 0.750. The first-order valence-electron chi connectivity index (χ1n) is 5.67. The Morgan fingerprint density at radius 1 is 1.38 bits per heavy atom. The van der Waals surface area contributed by atoms with Gasteiger partial charge in [0.15, 0.2) is 0 Å². The van der Waals surface area contributed by atoms with Crippen molar-refractivity contribution in [3.8, 4) is 0 Å². The number of carbonyl (C=O) groups excluding carboxylic acids is 1. The number of allylic oxidation sites excluding steroid dienone is 1. The van der Waals surface area contributed by atoms with Gasteiger partial charge in [-0.2, -0.15) is 0 Å². The van der Waals surface area contributed by atoms with E-state index in [2.05, 4.69) is 22.0 Å². The second-order valence-corrected chi connectivity index (χ2v) is 6.14. The first kappa shape index (κ1) is 12.0. The van der Waals surface area contributed by atoms with Crippen LogP contribution in [0.25, 0.3) is 0 Å². The van der Waals surface area contributed by atoms with Crippen LogP contribution in [-0.4, -0.2) is 29.7 Å². The molecular formula is C12H18BrNO2. The quantitative estimate of drug-likeness (QED) is 0.742. The van der Waals surface area contributed by atoms with Gasteiger partial charge < -0.3 is 9.64 Å². The molecule has 1 saturated heterocycles. The molecule has 2 fully saturated rings. The van der Waals surface area contributed by atoms with E-state index in [9.17, 15) is 4.79 Å². The molecule has 0 unspecified atom stereocenters. The molecule has 1 saturated carbocycles. The van der Waals surface area contributed by atoms with Gasteiger partial charge in [-0.15, -0.1) is 0 Å². The summed E-state index contributed by atoms with van der Waals surface area (Å²) in [4.78, 5) is 15.5. The highest BCUT2D eigenvalue weighted by Crippen LogP contribution is 2.52. The zero-order valence-electron chi connectivity index (χ0n) is 9.94. The van der Waals surface area contributed by atoms with Crippen molar-refractivity contribution in [1.82, 2.24) is 4.90 Å². The number of likely N-dealkylation sites (tertiary alicyclic amines) is 1. The average molecular weight is 288 g/mol. The first-order valence-corrected chi connectivity index (χ1v) is 6.59. The highest BCUT2D eigenvalue weighted by atomic mass is 79.9. The van der Waals surface area contributed by atoms with Gasteiger partial charge in [0.2, 0.25) is 0 Å².